The lowest BCUT2D eigenvalue weighted by molar-refractivity contribution is -0.127. The van der Waals surface area contributed by atoms with Gasteiger partial charge in [-0.25, -0.2) is 4.68 Å². The molecule has 1 amide bonds. The maximum Gasteiger partial charge on any atom is 0.233 e. The number of benzene rings is 3. The topological polar surface area (TPSA) is 47.4 Å². The van der Waals surface area contributed by atoms with Gasteiger partial charge in [0.2, 0.25) is 5.91 Å². The maximum atomic E-state index is 12.7. The number of rotatable bonds is 7. The van der Waals surface area contributed by atoms with Gasteiger partial charge in [0.05, 0.1) is 18.6 Å². The number of nitrogens with zero attached hydrogens (tertiary/aromatic N) is 3. The van der Waals surface area contributed by atoms with E-state index in [-0.39, 0.29) is 5.91 Å². The van der Waals surface area contributed by atoms with Gasteiger partial charge in [0.15, 0.2) is 8.29 Å². The summed E-state index contributed by atoms with van der Waals surface area (Å²) in [4.78, 5) is 14.4. The number of fused-ring (bicyclic) bond motifs is 1. The quantitative estimate of drug-likeness (QED) is 0.262. The zero-order valence-electron chi connectivity index (χ0n) is 17.1. The molecule has 0 saturated carbocycles. The molecule has 0 aliphatic carbocycles. The lowest BCUT2D eigenvalue weighted by atomic mass is 10.1. The standard InChI is InChI=1S/C23H21N3O2S3/c1-25(14-16-8-9-18-13-20(28-2)11-10-17(18)12-16)21(27)15-30-22-24-26(23(29)31-22)19-6-4-3-5-7-19/h3-13H,14-15H2,1-2H3. The van der Waals surface area contributed by atoms with Gasteiger partial charge in [-0.3, -0.25) is 4.79 Å². The highest BCUT2D eigenvalue weighted by molar-refractivity contribution is 8.01. The molecule has 4 aromatic rings. The highest BCUT2D eigenvalue weighted by Gasteiger charge is 2.13. The monoisotopic (exact) mass is 467 g/mol. The van der Waals surface area contributed by atoms with Crippen LogP contribution >= 0.6 is 35.3 Å². The SMILES string of the molecule is COc1ccc2cc(CN(C)C(=O)CSc3nn(-c4ccccc4)c(=S)s3)ccc2c1. The van der Waals surface area contributed by atoms with Crippen LogP contribution in [0, 0.1) is 3.95 Å². The van der Waals surface area contributed by atoms with E-state index < -0.39 is 0 Å². The summed E-state index contributed by atoms with van der Waals surface area (Å²) in [6, 6.07) is 22.0. The van der Waals surface area contributed by atoms with Crippen LogP contribution in [0.15, 0.2) is 71.1 Å². The lowest BCUT2D eigenvalue weighted by Crippen LogP contribution is -2.27. The molecule has 0 atom stereocenters. The van der Waals surface area contributed by atoms with Crippen molar-refractivity contribution in [2.45, 2.75) is 10.9 Å². The Kier molecular flexibility index (Phi) is 6.70. The molecule has 158 valence electrons. The van der Waals surface area contributed by atoms with Crippen molar-refractivity contribution in [2.24, 2.45) is 0 Å². The van der Waals surface area contributed by atoms with Crippen LogP contribution in [-0.4, -0.2) is 40.5 Å². The minimum absolute atomic E-state index is 0.0483. The normalized spacial score (nSPS) is 10.9. The molecule has 0 N–H and O–H groups in total. The minimum atomic E-state index is 0.0483. The third-order valence-corrected chi connectivity index (χ3v) is 7.16. The first kappa shape index (κ1) is 21.5. The van der Waals surface area contributed by atoms with Crippen LogP contribution in [0.2, 0.25) is 0 Å². The van der Waals surface area contributed by atoms with Crippen molar-refractivity contribution >= 4 is 52.0 Å². The first-order chi connectivity index (χ1) is 15.0. The summed E-state index contributed by atoms with van der Waals surface area (Å²) in [6.45, 7) is 0.551. The van der Waals surface area contributed by atoms with E-state index in [4.69, 9.17) is 17.0 Å². The molecule has 0 spiro atoms. The average Bonchev–Trinajstić information content (AvgIpc) is 3.18. The highest BCUT2D eigenvalue weighted by atomic mass is 32.2. The summed E-state index contributed by atoms with van der Waals surface area (Å²) < 4.78 is 8.47. The Hall–Kier alpha value is -2.68. The molecule has 1 aromatic heterocycles. The van der Waals surface area contributed by atoms with Crippen molar-refractivity contribution in [1.82, 2.24) is 14.7 Å². The van der Waals surface area contributed by atoms with Crippen molar-refractivity contribution in [2.75, 3.05) is 19.9 Å². The molecule has 0 aliphatic heterocycles. The number of para-hydroxylation sites is 1. The zero-order chi connectivity index (χ0) is 21.8. The highest BCUT2D eigenvalue weighted by Crippen LogP contribution is 2.25. The van der Waals surface area contributed by atoms with E-state index >= 15 is 0 Å². The van der Waals surface area contributed by atoms with E-state index in [9.17, 15) is 4.79 Å². The Morgan fingerprint density at radius 1 is 1.13 bits per heavy atom. The molecule has 0 fully saturated rings. The predicted octanol–water partition coefficient (Wildman–Crippen LogP) is 5.58. The van der Waals surface area contributed by atoms with Crippen LogP contribution in [0.4, 0.5) is 0 Å². The van der Waals surface area contributed by atoms with Crippen molar-refractivity contribution in [1.29, 1.82) is 0 Å². The summed E-state index contributed by atoms with van der Waals surface area (Å²) in [7, 11) is 3.49. The van der Waals surface area contributed by atoms with Crippen molar-refractivity contribution in [3.05, 3.63) is 76.2 Å². The number of carbonyl (C=O) groups excluding carboxylic acids is 1. The number of amides is 1. The Labute approximate surface area is 194 Å². The first-order valence-electron chi connectivity index (χ1n) is 9.62. The summed E-state index contributed by atoms with van der Waals surface area (Å²) in [5.74, 6) is 1.20. The van der Waals surface area contributed by atoms with Gasteiger partial charge in [0, 0.05) is 13.6 Å². The second-order valence-electron chi connectivity index (χ2n) is 6.97. The molecule has 0 bridgehead atoms. The van der Waals surface area contributed by atoms with E-state index in [2.05, 4.69) is 17.2 Å². The second-order valence-corrected chi connectivity index (χ2v) is 9.81. The van der Waals surface area contributed by atoms with E-state index in [1.165, 1.54) is 23.1 Å². The third-order valence-electron chi connectivity index (χ3n) is 4.81. The van der Waals surface area contributed by atoms with Gasteiger partial charge in [0.1, 0.15) is 5.75 Å². The van der Waals surface area contributed by atoms with Gasteiger partial charge >= 0.3 is 0 Å². The van der Waals surface area contributed by atoms with Gasteiger partial charge in [-0.05, 0) is 58.9 Å². The van der Waals surface area contributed by atoms with Crippen LogP contribution in [0.25, 0.3) is 16.5 Å². The van der Waals surface area contributed by atoms with Crippen molar-refractivity contribution in [3.63, 3.8) is 0 Å². The Morgan fingerprint density at radius 2 is 1.87 bits per heavy atom. The zero-order valence-corrected chi connectivity index (χ0v) is 19.6. The molecular formula is C23H21N3O2S3. The number of thioether (sulfide) groups is 1. The molecule has 4 rings (SSSR count). The number of ether oxygens (including phenoxy) is 1. The molecule has 0 radical (unpaired) electrons. The summed E-state index contributed by atoms with van der Waals surface area (Å²) in [6.07, 6.45) is 0. The van der Waals surface area contributed by atoms with Crippen molar-refractivity contribution < 1.29 is 9.53 Å². The smallest absolute Gasteiger partial charge is 0.233 e. The number of hydrogen-bond donors (Lipinski definition) is 0. The van der Waals surface area contributed by atoms with Crippen LogP contribution in [0.1, 0.15) is 5.56 Å². The summed E-state index contributed by atoms with van der Waals surface area (Å²) >= 11 is 8.27. The average molecular weight is 468 g/mol. The minimum Gasteiger partial charge on any atom is -0.497 e. The Morgan fingerprint density at radius 3 is 2.65 bits per heavy atom. The van der Waals surface area contributed by atoms with Crippen LogP contribution in [-0.2, 0) is 11.3 Å². The molecule has 31 heavy (non-hydrogen) atoms. The molecule has 1 heterocycles. The summed E-state index contributed by atoms with van der Waals surface area (Å²) in [5, 5.41) is 6.80. The van der Waals surface area contributed by atoms with Gasteiger partial charge < -0.3 is 9.64 Å². The molecular weight excluding hydrogens is 446 g/mol. The van der Waals surface area contributed by atoms with E-state index in [1.54, 1.807) is 16.7 Å². The molecule has 8 heteroatoms. The van der Waals surface area contributed by atoms with Crippen molar-refractivity contribution in [3.8, 4) is 11.4 Å². The molecule has 3 aromatic carbocycles. The van der Waals surface area contributed by atoms with E-state index in [1.807, 2.05) is 61.6 Å². The van der Waals surface area contributed by atoms with E-state index in [0.29, 0.717) is 16.3 Å². The fourth-order valence-corrected chi connectivity index (χ4v) is 5.45. The van der Waals surface area contributed by atoms with Crippen LogP contribution < -0.4 is 4.74 Å². The van der Waals surface area contributed by atoms with Gasteiger partial charge in [-0.2, -0.15) is 0 Å². The molecule has 5 nitrogen and oxygen atoms in total. The van der Waals surface area contributed by atoms with Crippen LogP contribution in [0.3, 0.4) is 0 Å². The second kappa shape index (κ2) is 9.64. The van der Waals surface area contributed by atoms with Gasteiger partial charge in [-0.15, -0.1) is 5.10 Å². The van der Waals surface area contributed by atoms with Crippen LogP contribution in [0.5, 0.6) is 5.75 Å². The molecule has 0 aliphatic rings. The number of aromatic nitrogens is 2. The molecule has 0 saturated heterocycles. The lowest BCUT2D eigenvalue weighted by Gasteiger charge is -2.17. The summed E-state index contributed by atoms with van der Waals surface area (Å²) in [5.41, 5.74) is 2.01. The fraction of sp³-hybridized carbons (Fsp3) is 0.174. The molecule has 0 unspecified atom stereocenters. The first-order valence-corrected chi connectivity index (χ1v) is 11.8. The van der Waals surface area contributed by atoms with E-state index in [0.717, 1.165) is 32.1 Å². The number of hydrogen-bond acceptors (Lipinski definition) is 6. The third kappa shape index (κ3) is 5.15. The Bertz CT molecular complexity index is 1270. The maximum absolute atomic E-state index is 12.7. The largest absolute Gasteiger partial charge is 0.497 e. The van der Waals surface area contributed by atoms with Gasteiger partial charge in [-0.1, -0.05) is 59.5 Å². The number of methoxy groups -OCH3 is 1. The van der Waals surface area contributed by atoms with Gasteiger partial charge in [0.25, 0.3) is 0 Å². The predicted molar refractivity (Wildman–Crippen MR) is 130 cm³/mol. The fourth-order valence-electron chi connectivity index (χ4n) is 3.15. The number of carbonyl (C=O) groups is 1. The Balaban J connectivity index is 1.38.